The SMILES string of the molecule is CC(C)(C)C1CCc2c(sc(NC(=O)CCC(=O)O)c2C(=O)NC2CC2)C1. The maximum atomic E-state index is 12.8. The summed E-state index contributed by atoms with van der Waals surface area (Å²) in [4.78, 5) is 36.9. The van der Waals surface area contributed by atoms with E-state index in [0.29, 0.717) is 16.5 Å². The minimum atomic E-state index is -1.00. The van der Waals surface area contributed by atoms with Gasteiger partial charge < -0.3 is 15.7 Å². The van der Waals surface area contributed by atoms with Crippen molar-refractivity contribution in [1.82, 2.24) is 5.32 Å². The minimum Gasteiger partial charge on any atom is -0.481 e. The molecule has 0 aromatic carbocycles. The van der Waals surface area contributed by atoms with Crippen molar-refractivity contribution in [3.05, 3.63) is 16.0 Å². The monoisotopic (exact) mass is 392 g/mol. The van der Waals surface area contributed by atoms with Crippen LogP contribution in [-0.2, 0) is 22.4 Å². The fourth-order valence-electron chi connectivity index (χ4n) is 3.55. The van der Waals surface area contributed by atoms with Crippen molar-refractivity contribution in [2.24, 2.45) is 11.3 Å². The topological polar surface area (TPSA) is 95.5 Å². The van der Waals surface area contributed by atoms with E-state index in [4.69, 9.17) is 5.11 Å². The lowest BCUT2D eigenvalue weighted by atomic mass is 9.72. The number of hydrogen-bond acceptors (Lipinski definition) is 4. The summed E-state index contributed by atoms with van der Waals surface area (Å²) >= 11 is 1.48. The van der Waals surface area contributed by atoms with Crippen LogP contribution in [0, 0.1) is 11.3 Å². The lowest BCUT2D eigenvalue weighted by molar-refractivity contribution is -0.138. The van der Waals surface area contributed by atoms with Crippen LogP contribution in [0.25, 0.3) is 0 Å². The summed E-state index contributed by atoms with van der Waals surface area (Å²) in [5.74, 6) is -0.935. The van der Waals surface area contributed by atoms with E-state index >= 15 is 0 Å². The van der Waals surface area contributed by atoms with Gasteiger partial charge in [-0.25, -0.2) is 0 Å². The largest absolute Gasteiger partial charge is 0.481 e. The number of carboxylic acid groups (broad SMARTS) is 1. The van der Waals surface area contributed by atoms with Crippen LogP contribution in [0.15, 0.2) is 0 Å². The number of carbonyl (C=O) groups is 3. The molecule has 1 unspecified atom stereocenters. The number of carbonyl (C=O) groups excluding carboxylic acids is 2. The standard InChI is InChI=1S/C20H28N2O4S/c1-20(2,3)11-4-7-13-14(10-11)27-19(22-15(23)8-9-16(24)25)17(13)18(26)21-12-5-6-12/h11-12H,4-10H2,1-3H3,(H,21,26)(H,22,23)(H,24,25). The first-order valence-corrected chi connectivity index (χ1v) is 10.4. The molecule has 0 saturated heterocycles. The number of thiophene rings is 1. The highest BCUT2D eigenvalue weighted by molar-refractivity contribution is 7.17. The second-order valence-corrected chi connectivity index (χ2v) is 9.81. The van der Waals surface area contributed by atoms with Gasteiger partial charge in [-0.05, 0) is 49.0 Å². The van der Waals surface area contributed by atoms with Crippen molar-refractivity contribution in [3.63, 3.8) is 0 Å². The summed E-state index contributed by atoms with van der Waals surface area (Å²) in [6, 6.07) is 0.245. The quantitative estimate of drug-likeness (QED) is 0.689. The Hall–Kier alpha value is -1.89. The molecule has 2 amide bonds. The van der Waals surface area contributed by atoms with Crippen LogP contribution in [-0.4, -0.2) is 28.9 Å². The minimum absolute atomic E-state index is 0.0911. The van der Waals surface area contributed by atoms with Gasteiger partial charge in [0.2, 0.25) is 5.91 Å². The fourth-order valence-corrected chi connectivity index (χ4v) is 4.89. The number of rotatable bonds is 6. The third kappa shape index (κ3) is 4.89. The molecule has 1 saturated carbocycles. The molecular formula is C20H28N2O4S. The Morgan fingerprint density at radius 1 is 1.15 bits per heavy atom. The Labute approximate surface area is 163 Å². The number of hydrogen-bond donors (Lipinski definition) is 3. The van der Waals surface area contributed by atoms with Crippen molar-refractivity contribution < 1.29 is 19.5 Å². The zero-order valence-corrected chi connectivity index (χ0v) is 17.0. The molecule has 2 aliphatic carbocycles. The normalized spacial score (nSPS) is 19.3. The first-order chi connectivity index (χ1) is 12.6. The summed E-state index contributed by atoms with van der Waals surface area (Å²) in [5, 5.41) is 15.2. The molecule has 1 fully saturated rings. The number of carboxylic acids is 1. The van der Waals surface area contributed by atoms with E-state index in [1.54, 1.807) is 0 Å². The molecular weight excluding hydrogens is 364 g/mol. The lowest BCUT2D eigenvalue weighted by Gasteiger charge is -2.33. The molecule has 2 aliphatic rings. The van der Waals surface area contributed by atoms with E-state index in [-0.39, 0.29) is 36.1 Å². The Morgan fingerprint density at radius 3 is 2.44 bits per heavy atom. The first-order valence-electron chi connectivity index (χ1n) is 9.62. The van der Waals surface area contributed by atoms with Crippen LogP contribution < -0.4 is 10.6 Å². The average Bonchev–Trinajstić information content (AvgIpc) is 3.30. The van der Waals surface area contributed by atoms with Gasteiger partial charge >= 0.3 is 5.97 Å². The van der Waals surface area contributed by atoms with E-state index in [9.17, 15) is 14.4 Å². The lowest BCUT2D eigenvalue weighted by Crippen LogP contribution is -2.29. The Morgan fingerprint density at radius 2 is 1.85 bits per heavy atom. The predicted octanol–water partition coefficient (Wildman–Crippen LogP) is 3.59. The number of amides is 2. The summed E-state index contributed by atoms with van der Waals surface area (Å²) < 4.78 is 0. The zero-order chi connectivity index (χ0) is 19.8. The smallest absolute Gasteiger partial charge is 0.303 e. The second kappa shape index (κ2) is 7.62. The summed E-state index contributed by atoms with van der Waals surface area (Å²) in [7, 11) is 0. The number of anilines is 1. The van der Waals surface area contributed by atoms with E-state index in [1.165, 1.54) is 16.2 Å². The van der Waals surface area contributed by atoms with Crippen LogP contribution in [0.4, 0.5) is 5.00 Å². The van der Waals surface area contributed by atoms with E-state index < -0.39 is 5.97 Å². The molecule has 3 rings (SSSR count). The molecule has 6 nitrogen and oxygen atoms in total. The third-order valence-corrected chi connectivity index (χ3v) is 6.62. The van der Waals surface area contributed by atoms with Crippen LogP contribution >= 0.6 is 11.3 Å². The number of aliphatic carboxylic acids is 1. The molecule has 148 valence electrons. The Kier molecular flexibility index (Phi) is 5.60. The molecule has 0 spiro atoms. The van der Waals surface area contributed by atoms with Gasteiger partial charge in [0.05, 0.1) is 12.0 Å². The fraction of sp³-hybridized carbons (Fsp3) is 0.650. The van der Waals surface area contributed by atoms with Crippen molar-refractivity contribution in [2.45, 2.75) is 71.8 Å². The van der Waals surface area contributed by atoms with Gasteiger partial charge in [-0.1, -0.05) is 20.8 Å². The molecule has 1 aromatic rings. The maximum Gasteiger partial charge on any atom is 0.303 e. The Balaban J connectivity index is 1.84. The molecule has 7 heteroatoms. The number of nitrogens with one attached hydrogen (secondary N) is 2. The van der Waals surface area contributed by atoms with E-state index in [1.807, 2.05) is 0 Å². The van der Waals surface area contributed by atoms with Gasteiger partial charge in [0, 0.05) is 17.3 Å². The second-order valence-electron chi connectivity index (χ2n) is 8.70. The highest BCUT2D eigenvalue weighted by Gasteiger charge is 2.35. The predicted molar refractivity (Wildman–Crippen MR) is 105 cm³/mol. The maximum absolute atomic E-state index is 12.8. The van der Waals surface area contributed by atoms with Crippen molar-refractivity contribution >= 4 is 34.1 Å². The highest BCUT2D eigenvalue weighted by Crippen LogP contribution is 2.44. The van der Waals surface area contributed by atoms with Gasteiger partial charge in [-0.3, -0.25) is 14.4 Å². The summed E-state index contributed by atoms with van der Waals surface area (Å²) in [5.41, 5.74) is 1.85. The van der Waals surface area contributed by atoms with Gasteiger partial charge in [-0.2, -0.15) is 0 Å². The molecule has 1 atom stereocenters. The zero-order valence-electron chi connectivity index (χ0n) is 16.2. The first kappa shape index (κ1) is 19.9. The summed E-state index contributed by atoms with van der Waals surface area (Å²) in [6.45, 7) is 6.72. The molecule has 3 N–H and O–H groups in total. The molecule has 0 bridgehead atoms. The molecule has 1 heterocycles. The van der Waals surface area contributed by atoms with Crippen molar-refractivity contribution in [1.29, 1.82) is 0 Å². The highest BCUT2D eigenvalue weighted by atomic mass is 32.1. The molecule has 0 radical (unpaired) electrons. The van der Waals surface area contributed by atoms with Gasteiger partial charge in [0.25, 0.3) is 5.91 Å². The average molecular weight is 393 g/mol. The summed E-state index contributed by atoms with van der Waals surface area (Å²) in [6.07, 6.45) is 4.49. The number of fused-ring (bicyclic) bond motifs is 1. The molecule has 27 heavy (non-hydrogen) atoms. The van der Waals surface area contributed by atoms with Gasteiger partial charge in [-0.15, -0.1) is 11.3 Å². The van der Waals surface area contributed by atoms with E-state index in [0.717, 1.165) is 37.7 Å². The molecule has 0 aliphatic heterocycles. The van der Waals surface area contributed by atoms with Crippen molar-refractivity contribution in [3.8, 4) is 0 Å². The van der Waals surface area contributed by atoms with Gasteiger partial charge in [0.1, 0.15) is 5.00 Å². The van der Waals surface area contributed by atoms with Crippen LogP contribution in [0.3, 0.4) is 0 Å². The Bertz CT molecular complexity index is 759. The van der Waals surface area contributed by atoms with E-state index in [2.05, 4.69) is 31.4 Å². The molecule has 1 aromatic heterocycles. The van der Waals surface area contributed by atoms with Crippen molar-refractivity contribution in [2.75, 3.05) is 5.32 Å². The van der Waals surface area contributed by atoms with Crippen LogP contribution in [0.2, 0.25) is 0 Å². The third-order valence-electron chi connectivity index (χ3n) is 5.45. The van der Waals surface area contributed by atoms with Crippen LogP contribution in [0.5, 0.6) is 0 Å². The van der Waals surface area contributed by atoms with Crippen LogP contribution in [0.1, 0.15) is 73.7 Å². The van der Waals surface area contributed by atoms with Gasteiger partial charge in [0.15, 0.2) is 0 Å².